The summed E-state index contributed by atoms with van der Waals surface area (Å²) in [5, 5.41) is 6.53. The summed E-state index contributed by atoms with van der Waals surface area (Å²) in [4.78, 5) is 25.8. The number of aromatic amines is 1. The second kappa shape index (κ2) is 7.61. The van der Waals surface area contributed by atoms with Crippen LogP contribution in [0.2, 0.25) is 0 Å². The molecule has 1 amide bonds. The van der Waals surface area contributed by atoms with E-state index >= 15 is 0 Å². The Hall–Kier alpha value is -3.15. The van der Waals surface area contributed by atoms with E-state index in [1.807, 2.05) is 0 Å². The molecule has 3 aromatic rings. The van der Waals surface area contributed by atoms with E-state index in [9.17, 15) is 9.59 Å². The predicted octanol–water partition coefficient (Wildman–Crippen LogP) is 3.90. The van der Waals surface area contributed by atoms with Crippen molar-refractivity contribution >= 4 is 11.6 Å². The van der Waals surface area contributed by atoms with Gasteiger partial charge in [0.1, 0.15) is 0 Å². The summed E-state index contributed by atoms with van der Waals surface area (Å²) in [6.45, 7) is 6.54. The van der Waals surface area contributed by atoms with Gasteiger partial charge in [0.25, 0.3) is 0 Å². The molecule has 0 aliphatic carbocycles. The first kappa shape index (κ1) is 18.6. The Morgan fingerprint density at radius 2 is 1.89 bits per heavy atom. The molecule has 0 aliphatic rings. The molecule has 2 aromatic carbocycles. The molecule has 0 unspecified atom stereocenters. The van der Waals surface area contributed by atoms with Crippen LogP contribution in [0.15, 0.2) is 57.8 Å². The van der Waals surface area contributed by atoms with Crippen molar-refractivity contribution in [2.24, 2.45) is 0 Å². The van der Waals surface area contributed by atoms with Gasteiger partial charge in [0.15, 0.2) is 5.82 Å². The molecule has 6 nitrogen and oxygen atoms in total. The Bertz CT molecular complexity index is 979. The second-order valence-electron chi connectivity index (χ2n) is 7.52. The minimum atomic E-state index is -0.614. The Morgan fingerprint density at radius 3 is 2.52 bits per heavy atom. The number of carbonyl (C=O) groups excluding carboxylic acids is 1. The second-order valence-corrected chi connectivity index (χ2v) is 7.52. The molecule has 0 fully saturated rings. The molecule has 1 heterocycles. The highest BCUT2D eigenvalue weighted by Gasteiger charge is 2.13. The van der Waals surface area contributed by atoms with Gasteiger partial charge >= 0.3 is 5.76 Å². The summed E-state index contributed by atoms with van der Waals surface area (Å²) in [5.74, 6) is -0.354. The molecular weight excluding hydrogens is 342 g/mol. The lowest BCUT2D eigenvalue weighted by atomic mass is 9.86. The van der Waals surface area contributed by atoms with Crippen LogP contribution in [-0.4, -0.2) is 16.0 Å². The first-order chi connectivity index (χ1) is 12.8. The molecule has 0 atom stereocenters. The highest BCUT2D eigenvalue weighted by molar-refractivity contribution is 5.91. The quantitative estimate of drug-likeness (QED) is 0.718. The number of amides is 1. The van der Waals surface area contributed by atoms with Crippen LogP contribution in [0.25, 0.3) is 11.4 Å². The van der Waals surface area contributed by atoms with Gasteiger partial charge in [-0.25, -0.2) is 4.79 Å². The number of anilines is 1. The lowest BCUT2D eigenvalue weighted by Crippen LogP contribution is -2.13. The van der Waals surface area contributed by atoms with Crippen molar-refractivity contribution < 1.29 is 9.32 Å². The van der Waals surface area contributed by atoms with Crippen LogP contribution in [0.3, 0.4) is 0 Å². The Labute approximate surface area is 157 Å². The minimum absolute atomic E-state index is 0.0688. The fourth-order valence-corrected chi connectivity index (χ4v) is 2.75. The zero-order valence-electron chi connectivity index (χ0n) is 15.7. The van der Waals surface area contributed by atoms with Crippen LogP contribution >= 0.6 is 0 Å². The summed E-state index contributed by atoms with van der Waals surface area (Å²) >= 11 is 0. The topological polar surface area (TPSA) is 88.0 Å². The van der Waals surface area contributed by atoms with Crippen molar-refractivity contribution in [3.05, 3.63) is 70.2 Å². The van der Waals surface area contributed by atoms with E-state index in [1.165, 1.54) is 5.56 Å². The van der Waals surface area contributed by atoms with Gasteiger partial charge in [-0.05, 0) is 35.1 Å². The first-order valence-corrected chi connectivity index (χ1v) is 8.87. The van der Waals surface area contributed by atoms with Crippen LogP contribution < -0.4 is 11.1 Å². The molecule has 0 bridgehead atoms. The van der Waals surface area contributed by atoms with Gasteiger partial charge < -0.3 is 5.32 Å². The van der Waals surface area contributed by atoms with E-state index in [1.54, 1.807) is 24.3 Å². The lowest BCUT2D eigenvalue weighted by molar-refractivity contribution is -0.116. The number of aromatic nitrogens is 2. The average Bonchev–Trinajstić information content (AvgIpc) is 3.06. The lowest BCUT2D eigenvalue weighted by Gasteiger charge is -2.19. The highest BCUT2D eigenvalue weighted by Crippen LogP contribution is 2.23. The van der Waals surface area contributed by atoms with Crippen LogP contribution in [0.1, 0.15) is 38.3 Å². The van der Waals surface area contributed by atoms with Crippen molar-refractivity contribution in [3.63, 3.8) is 0 Å². The van der Waals surface area contributed by atoms with E-state index in [0.717, 1.165) is 5.56 Å². The van der Waals surface area contributed by atoms with E-state index in [0.29, 0.717) is 29.9 Å². The van der Waals surface area contributed by atoms with E-state index in [2.05, 4.69) is 65.0 Å². The summed E-state index contributed by atoms with van der Waals surface area (Å²) in [5.41, 5.74) is 3.83. The third-order valence-corrected chi connectivity index (χ3v) is 4.32. The number of aryl methyl sites for hydroxylation is 1. The van der Waals surface area contributed by atoms with Gasteiger partial charge in [-0.1, -0.05) is 62.3 Å². The van der Waals surface area contributed by atoms with Crippen molar-refractivity contribution in [1.82, 2.24) is 10.1 Å². The van der Waals surface area contributed by atoms with Gasteiger partial charge in [0, 0.05) is 17.7 Å². The Kier molecular flexibility index (Phi) is 5.26. The summed E-state index contributed by atoms with van der Waals surface area (Å²) in [7, 11) is 0. The third-order valence-electron chi connectivity index (χ3n) is 4.32. The van der Waals surface area contributed by atoms with E-state index < -0.39 is 5.76 Å². The standard InChI is InChI=1S/C21H23N3O3/c1-21(2,3)16-10-7-14(8-11-16)9-12-18(25)22-17-6-4-5-15(13-17)19-23-20(26)27-24-19/h4-8,10-11,13H,9,12H2,1-3H3,(H,22,25)(H,23,24,26). The zero-order chi connectivity index (χ0) is 19.4. The number of H-pyrrole nitrogens is 1. The smallest absolute Gasteiger partial charge is 0.326 e. The largest absolute Gasteiger partial charge is 0.439 e. The van der Waals surface area contributed by atoms with E-state index in [4.69, 9.17) is 0 Å². The van der Waals surface area contributed by atoms with E-state index in [-0.39, 0.29) is 11.3 Å². The van der Waals surface area contributed by atoms with Gasteiger partial charge in [-0.15, -0.1) is 0 Å². The summed E-state index contributed by atoms with van der Waals surface area (Å²) < 4.78 is 4.51. The molecule has 1 aromatic heterocycles. The van der Waals surface area contributed by atoms with Crippen molar-refractivity contribution in [2.45, 2.75) is 39.0 Å². The molecule has 140 valence electrons. The highest BCUT2D eigenvalue weighted by atomic mass is 16.5. The van der Waals surface area contributed by atoms with Crippen LogP contribution in [0.4, 0.5) is 5.69 Å². The molecule has 0 saturated heterocycles. The monoisotopic (exact) mass is 365 g/mol. The fourth-order valence-electron chi connectivity index (χ4n) is 2.75. The Balaban J connectivity index is 1.59. The van der Waals surface area contributed by atoms with Crippen molar-refractivity contribution in [2.75, 3.05) is 5.32 Å². The molecule has 27 heavy (non-hydrogen) atoms. The molecule has 0 aliphatic heterocycles. The maximum Gasteiger partial charge on any atom is 0.439 e. The first-order valence-electron chi connectivity index (χ1n) is 8.87. The minimum Gasteiger partial charge on any atom is -0.326 e. The van der Waals surface area contributed by atoms with Gasteiger partial charge in [0.2, 0.25) is 5.91 Å². The molecule has 6 heteroatoms. The molecule has 0 spiro atoms. The SMILES string of the molecule is CC(C)(C)c1ccc(CCC(=O)Nc2cccc(-c3noc(=O)[nH]3)c2)cc1. The predicted molar refractivity (Wildman–Crippen MR) is 105 cm³/mol. The summed E-state index contributed by atoms with van der Waals surface area (Å²) in [6.07, 6.45) is 1.06. The van der Waals surface area contributed by atoms with Crippen molar-refractivity contribution in [1.29, 1.82) is 0 Å². The third kappa shape index (κ3) is 4.94. The number of nitrogens with one attached hydrogen (secondary N) is 2. The normalized spacial score (nSPS) is 11.4. The zero-order valence-corrected chi connectivity index (χ0v) is 15.7. The van der Waals surface area contributed by atoms with Gasteiger partial charge in [-0.3, -0.25) is 14.3 Å². The summed E-state index contributed by atoms with van der Waals surface area (Å²) in [6, 6.07) is 15.5. The molecule has 0 saturated carbocycles. The van der Waals surface area contributed by atoms with Crippen molar-refractivity contribution in [3.8, 4) is 11.4 Å². The Morgan fingerprint density at radius 1 is 1.15 bits per heavy atom. The number of carbonyl (C=O) groups is 1. The molecular formula is C21H23N3O3. The van der Waals surface area contributed by atoms with Crippen LogP contribution in [-0.2, 0) is 16.6 Å². The number of hydrogen-bond donors (Lipinski definition) is 2. The molecule has 0 radical (unpaired) electrons. The maximum absolute atomic E-state index is 12.3. The van der Waals surface area contributed by atoms with Gasteiger partial charge in [-0.2, -0.15) is 0 Å². The maximum atomic E-state index is 12.3. The fraction of sp³-hybridized carbons (Fsp3) is 0.286. The van der Waals surface area contributed by atoms with Crippen LogP contribution in [0, 0.1) is 0 Å². The molecule has 3 rings (SSSR count). The molecule has 2 N–H and O–H groups in total. The van der Waals surface area contributed by atoms with Gasteiger partial charge in [0.05, 0.1) is 0 Å². The number of benzene rings is 2. The number of rotatable bonds is 5. The number of hydrogen-bond acceptors (Lipinski definition) is 4. The average molecular weight is 365 g/mol. The van der Waals surface area contributed by atoms with Crippen LogP contribution in [0.5, 0.6) is 0 Å². The number of nitrogens with zero attached hydrogens (tertiary/aromatic N) is 1.